The van der Waals surface area contributed by atoms with Crippen LogP contribution in [0.1, 0.15) is 0 Å². The quantitative estimate of drug-likeness (QED) is 0.650. The molecule has 0 radical (unpaired) electrons. The first kappa shape index (κ1) is 22.6. The van der Waals surface area contributed by atoms with Crippen molar-refractivity contribution in [3.05, 3.63) is 0 Å². The molecule has 0 amide bonds. The summed E-state index contributed by atoms with van der Waals surface area (Å²) in [7, 11) is 0. The summed E-state index contributed by atoms with van der Waals surface area (Å²) >= 11 is 17.1. The minimum atomic E-state index is 0. The summed E-state index contributed by atoms with van der Waals surface area (Å²) in [4.78, 5) is 0. The van der Waals surface area contributed by atoms with Gasteiger partial charge in [0.1, 0.15) is 0 Å². The molecule has 0 aliphatic rings. The van der Waals surface area contributed by atoms with Crippen molar-refractivity contribution in [3.8, 4) is 0 Å². The van der Waals surface area contributed by atoms with Gasteiger partial charge in [0.2, 0.25) is 0 Å². The summed E-state index contributed by atoms with van der Waals surface area (Å²) in [5.41, 5.74) is 0. The van der Waals surface area contributed by atoms with Gasteiger partial charge in [-0.2, -0.15) is 34.7 Å². The van der Waals surface area contributed by atoms with Crippen LogP contribution in [0.4, 0.5) is 0 Å². The van der Waals surface area contributed by atoms with Gasteiger partial charge >= 0.3 is 0 Å². The second kappa shape index (κ2) is 37.2. The van der Waals surface area contributed by atoms with Gasteiger partial charge in [-0.25, -0.2) is 0 Å². The lowest BCUT2D eigenvalue weighted by Crippen LogP contribution is -1.15. The molecule has 0 unspecified atom stereocenters. The average molecular weight is 242 g/mol. The van der Waals surface area contributed by atoms with Crippen LogP contribution in [0, 0.1) is 0 Å². The van der Waals surface area contributed by atoms with Crippen LogP contribution in [0.3, 0.4) is 0 Å². The summed E-state index contributed by atoms with van der Waals surface area (Å²) in [6.45, 7) is 0. The predicted octanol–water partition coefficient (Wildman–Crippen LogP) is 2.85. The summed E-state index contributed by atoms with van der Waals surface area (Å²) in [5.74, 6) is 0. The number of hydrogen-bond donors (Lipinski definition) is 0. The molecule has 0 aromatic carbocycles. The molecular weight excluding hydrogens is 238 g/mol. The normalized spacial score (nSPS) is 4.50. The lowest BCUT2D eigenvalue weighted by molar-refractivity contribution is 0.697. The van der Waals surface area contributed by atoms with Crippen molar-refractivity contribution in [2.45, 2.75) is 0 Å². The lowest BCUT2D eigenvalue weighted by atomic mass is 15.9. The maximum atomic E-state index is 4.26. The van der Waals surface area contributed by atoms with Crippen molar-refractivity contribution >= 4 is 74.5 Å². The molecule has 0 spiro atoms. The van der Waals surface area contributed by atoms with Crippen LogP contribution in [0.15, 0.2) is 0 Å². The molecule has 0 atom stereocenters. The summed E-state index contributed by atoms with van der Waals surface area (Å²) in [6.07, 6.45) is 0. The Morgan fingerprint density at radius 2 is 0.625 bits per heavy atom. The van der Waals surface area contributed by atoms with Gasteiger partial charge in [0.25, 0.3) is 0 Å². The third-order valence-corrected chi connectivity index (χ3v) is 0. The van der Waals surface area contributed by atoms with E-state index in [0.717, 1.165) is 0 Å². The van der Waals surface area contributed by atoms with Crippen LogP contribution in [-0.2, 0) is 7.68 Å². The van der Waals surface area contributed by atoms with E-state index in [2.05, 4.69) is 55.1 Å². The number of halogens is 4. The third kappa shape index (κ3) is 113. The maximum absolute atomic E-state index is 4.26. The highest BCUT2D eigenvalue weighted by atomic mass is 35.6. The van der Waals surface area contributed by atoms with Crippen LogP contribution >= 0.6 is 74.5 Å². The highest BCUT2D eigenvalue weighted by molar-refractivity contribution is 7.59. The molecular formula is H4Cl4O2S2. The molecule has 2 nitrogen and oxygen atoms in total. The summed E-state index contributed by atoms with van der Waals surface area (Å²) in [6, 6.07) is 0. The molecule has 0 aromatic heterocycles. The Balaban J connectivity index is -0.0000000160. The lowest BCUT2D eigenvalue weighted by Gasteiger charge is -1.46. The van der Waals surface area contributed by atoms with Crippen molar-refractivity contribution in [1.29, 1.82) is 0 Å². The van der Waals surface area contributed by atoms with Gasteiger partial charge in [-0.05, 0) is 0 Å². The van der Waals surface area contributed by atoms with Crippen molar-refractivity contribution in [2.24, 2.45) is 0 Å². The first-order chi connectivity index (χ1) is 2.83. The Morgan fingerprint density at radius 3 is 0.625 bits per heavy atom. The molecule has 0 heterocycles. The monoisotopic (exact) mass is 240 g/mol. The molecule has 0 bridgehead atoms. The van der Waals surface area contributed by atoms with E-state index in [9.17, 15) is 0 Å². The largest absolute Gasteiger partial charge is 0.197 e. The standard InChI is InChI=1S/2Cl2O.2H2S/c2*1-3-2;;/h;;2*1H2. The first-order valence-electron chi connectivity index (χ1n) is 0.617. The van der Waals surface area contributed by atoms with E-state index >= 15 is 0 Å². The van der Waals surface area contributed by atoms with Gasteiger partial charge in [0.05, 0.1) is 47.5 Å². The Hall–Kier alpha value is 1.78. The summed E-state index contributed by atoms with van der Waals surface area (Å²) in [5, 5.41) is 0. The van der Waals surface area contributed by atoms with Gasteiger partial charge in [0, 0.05) is 0 Å². The van der Waals surface area contributed by atoms with Gasteiger partial charge in [-0.3, -0.25) is 0 Å². The zero-order valence-corrected chi connectivity index (χ0v) is 8.35. The Bertz CT molecular complexity index is 14.0. The van der Waals surface area contributed by atoms with Gasteiger partial charge in [-0.15, -0.1) is 0 Å². The average Bonchev–Trinajstić information content (AvgIpc) is 1.39. The third-order valence-electron chi connectivity index (χ3n) is 0. The molecule has 0 rings (SSSR count). The summed E-state index contributed by atoms with van der Waals surface area (Å²) < 4.78 is 6.39. The number of rotatable bonds is 0. The smallest absolute Gasteiger partial charge is 0.0832 e. The second-order valence-electron chi connectivity index (χ2n) is 0.117. The molecule has 8 heteroatoms. The molecule has 0 fully saturated rings. The molecule has 0 saturated carbocycles. The van der Waals surface area contributed by atoms with E-state index in [0.29, 0.717) is 0 Å². The van der Waals surface area contributed by atoms with E-state index in [1.165, 1.54) is 0 Å². The van der Waals surface area contributed by atoms with E-state index in [1.54, 1.807) is 0 Å². The molecule has 8 heavy (non-hydrogen) atoms. The molecule has 0 aliphatic carbocycles. The van der Waals surface area contributed by atoms with E-state index in [1.807, 2.05) is 0 Å². The van der Waals surface area contributed by atoms with Gasteiger partial charge in [0.15, 0.2) is 0 Å². The highest BCUT2D eigenvalue weighted by Gasteiger charge is 1.38. The Morgan fingerprint density at radius 1 is 0.625 bits per heavy atom. The van der Waals surface area contributed by atoms with E-state index in [-0.39, 0.29) is 27.0 Å². The first-order valence-corrected chi connectivity index (χ1v) is 1.85. The van der Waals surface area contributed by atoms with Crippen molar-refractivity contribution in [1.82, 2.24) is 0 Å². The fourth-order valence-electron chi connectivity index (χ4n) is 0. The predicted molar refractivity (Wildman–Crippen MR) is 46.3 cm³/mol. The zero-order valence-electron chi connectivity index (χ0n) is 3.33. The van der Waals surface area contributed by atoms with Crippen LogP contribution in [0.5, 0.6) is 0 Å². The van der Waals surface area contributed by atoms with Crippen LogP contribution in [0.2, 0.25) is 0 Å². The second-order valence-corrected chi connectivity index (χ2v) is 1.05. The van der Waals surface area contributed by atoms with Crippen LogP contribution < -0.4 is 0 Å². The Labute approximate surface area is 81.9 Å². The maximum Gasteiger partial charge on any atom is 0.0832 e. The SMILES string of the molecule is ClOCl.ClOCl.S.S. The van der Waals surface area contributed by atoms with Crippen molar-refractivity contribution < 1.29 is 7.68 Å². The highest BCUT2D eigenvalue weighted by Crippen LogP contribution is 1.78. The molecule has 0 aliphatic heterocycles. The molecule has 0 N–H and O–H groups in total. The van der Waals surface area contributed by atoms with Crippen LogP contribution in [-0.4, -0.2) is 0 Å². The fraction of sp³-hybridized carbons (Fsp3) is 0. The fourth-order valence-corrected chi connectivity index (χ4v) is 0. The van der Waals surface area contributed by atoms with Crippen molar-refractivity contribution in [3.63, 3.8) is 0 Å². The molecule has 0 saturated heterocycles. The van der Waals surface area contributed by atoms with Crippen molar-refractivity contribution in [2.75, 3.05) is 0 Å². The van der Waals surface area contributed by atoms with Crippen LogP contribution in [0.25, 0.3) is 0 Å². The molecule has 0 aromatic rings. The minimum absolute atomic E-state index is 0. The Kier molecular flexibility index (Phi) is 105. The zero-order chi connectivity index (χ0) is 5.41. The molecule has 56 valence electrons. The van der Waals surface area contributed by atoms with E-state index in [4.69, 9.17) is 0 Å². The van der Waals surface area contributed by atoms with Gasteiger partial charge in [-0.1, -0.05) is 0 Å². The topological polar surface area (TPSA) is 18.5 Å². The minimum Gasteiger partial charge on any atom is -0.197 e. The van der Waals surface area contributed by atoms with Gasteiger partial charge < -0.3 is 0 Å². The number of hydrogen-bond acceptors (Lipinski definition) is 2. The van der Waals surface area contributed by atoms with E-state index < -0.39 is 0 Å².